The standard InChI is InChI=1S/C20H25N5O2/c1-23(12-15-11-21-24(2)13-15)14-25-18(26)20(22-19(25)27)10-6-5-8-16-7-3-4-9-17(16)20/h3-4,7,9,11,13H,5-6,8,10,12,14H2,1-2H3,(H,22,27). The highest BCUT2D eigenvalue weighted by Gasteiger charge is 2.53. The molecule has 1 aromatic heterocycles. The molecule has 0 bridgehead atoms. The largest absolute Gasteiger partial charge is 0.326 e. The van der Waals surface area contributed by atoms with Gasteiger partial charge >= 0.3 is 6.03 Å². The molecular weight excluding hydrogens is 342 g/mol. The molecule has 1 unspecified atom stereocenters. The molecule has 2 aromatic rings. The number of amides is 3. The number of aromatic nitrogens is 2. The second kappa shape index (κ2) is 6.81. The van der Waals surface area contributed by atoms with Crippen molar-refractivity contribution in [2.24, 2.45) is 7.05 Å². The Balaban J connectivity index is 1.57. The summed E-state index contributed by atoms with van der Waals surface area (Å²) in [4.78, 5) is 29.4. The maximum absolute atomic E-state index is 13.4. The molecule has 1 aliphatic heterocycles. The van der Waals surface area contributed by atoms with Crippen LogP contribution in [-0.4, -0.2) is 45.2 Å². The molecule has 1 spiro atoms. The fourth-order valence-electron chi connectivity index (χ4n) is 4.26. The fourth-order valence-corrected chi connectivity index (χ4v) is 4.26. The summed E-state index contributed by atoms with van der Waals surface area (Å²) in [5, 5.41) is 7.20. The van der Waals surface area contributed by atoms with E-state index in [1.54, 1.807) is 10.9 Å². The predicted octanol–water partition coefficient (Wildman–Crippen LogP) is 1.98. The van der Waals surface area contributed by atoms with Gasteiger partial charge in [-0.2, -0.15) is 5.10 Å². The van der Waals surface area contributed by atoms with Crippen molar-refractivity contribution in [2.45, 2.75) is 37.8 Å². The molecule has 1 atom stereocenters. The van der Waals surface area contributed by atoms with Crippen LogP contribution in [0.5, 0.6) is 0 Å². The van der Waals surface area contributed by atoms with E-state index in [0.717, 1.165) is 36.0 Å². The third-order valence-electron chi connectivity index (χ3n) is 5.49. The Morgan fingerprint density at radius 3 is 2.85 bits per heavy atom. The number of aryl methyl sites for hydroxylation is 2. The zero-order valence-corrected chi connectivity index (χ0v) is 15.8. The molecule has 1 aliphatic carbocycles. The minimum atomic E-state index is -0.917. The van der Waals surface area contributed by atoms with Crippen LogP contribution in [0.1, 0.15) is 36.0 Å². The lowest BCUT2D eigenvalue weighted by atomic mass is 9.84. The highest BCUT2D eigenvalue weighted by molar-refractivity contribution is 6.07. The summed E-state index contributed by atoms with van der Waals surface area (Å²) in [5.74, 6) is -0.139. The van der Waals surface area contributed by atoms with Crippen molar-refractivity contribution in [1.82, 2.24) is 24.9 Å². The minimum absolute atomic E-state index is 0.139. The number of imide groups is 1. The van der Waals surface area contributed by atoms with Gasteiger partial charge in [0.2, 0.25) is 0 Å². The molecule has 0 radical (unpaired) electrons. The summed E-state index contributed by atoms with van der Waals surface area (Å²) in [6.07, 6.45) is 7.28. The van der Waals surface area contributed by atoms with Gasteiger partial charge in [0.05, 0.1) is 12.9 Å². The van der Waals surface area contributed by atoms with Gasteiger partial charge in [-0.05, 0) is 43.9 Å². The molecule has 2 heterocycles. The van der Waals surface area contributed by atoms with Crippen molar-refractivity contribution in [3.05, 3.63) is 53.3 Å². The average molecular weight is 367 g/mol. The maximum atomic E-state index is 13.4. The highest BCUT2D eigenvalue weighted by atomic mass is 16.2. The number of fused-ring (bicyclic) bond motifs is 2. The number of nitrogens with zero attached hydrogens (tertiary/aromatic N) is 4. The summed E-state index contributed by atoms with van der Waals surface area (Å²) >= 11 is 0. The topological polar surface area (TPSA) is 70.5 Å². The van der Waals surface area contributed by atoms with E-state index in [2.05, 4.69) is 16.5 Å². The van der Waals surface area contributed by atoms with Gasteiger partial charge in [0.15, 0.2) is 0 Å². The summed E-state index contributed by atoms with van der Waals surface area (Å²) in [6.45, 7) is 0.873. The van der Waals surface area contributed by atoms with Gasteiger partial charge in [0, 0.05) is 25.4 Å². The summed E-state index contributed by atoms with van der Waals surface area (Å²) in [5.41, 5.74) is 2.24. The number of hydrogen-bond acceptors (Lipinski definition) is 4. The Morgan fingerprint density at radius 1 is 1.26 bits per heavy atom. The monoisotopic (exact) mass is 367 g/mol. The summed E-state index contributed by atoms with van der Waals surface area (Å²) in [6, 6.07) is 7.69. The zero-order chi connectivity index (χ0) is 19.0. The normalized spacial score (nSPS) is 22.3. The van der Waals surface area contributed by atoms with Crippen molar-refractivity contribution in [3.63, 3.8) is 0 Å². The number of benzene rings is 1. The lowest BCUT2D eigenvalue weighted by Gasteiger charge is -2.28. The second-order valence-electron chi connectivity index (χ2n) is 7.61. The van der Waals surface area contributed by atoms with Crippen LogP contribution < -0.4 is 5.32 Å². The smallest absolute Gasteiger partial charge is 0.319 e. The Hall–Kier alpha value is -2.67. The first-order chi connectivity index (χ1) is 13.0. The van der Waals surface area contributed by atoms with Crippen molar-refractivity contribution in [3.8, 4) is 0 Å². The van der Waals surface area contributed by atoms with E-state index < -0.39 is 5.54 Å². The summed E-state index contributed by atoms with van der Waals surface area (Å²) in [7, 11) is 3.77. The van der Waals surface area contributed by atoms with Gasteiger partial charge in [-0.15, -0.1) is 0 Å². The predicted molar refractivity (Wildman–Crippen MR) is 101 cm³/mol. The van der Waals surface area contributed by atoms with Crippen LogP contribution in [-0.2, 0) is 30.3 Å². The van der Waals surface area contributed by atoms with Crippen LogP contribution in [0.4, 0.5) is 4.79 Å². The summed E-state index contributed by atoms with van der Waals surface area (Å²) < 4.78 is 1.74. The lowest BCUT2D eigenvalue weighted by Crippen LogP contribution is -2.45. The molecule has 7 heteroatoms. The van der Waals surface area contributed by atoms with Gasteiger partial charge in [-0.25, -0.2) is 9.69 Å². The Bertz CT molecular complexity index is 877. The fraction of sp³-hybridized carbons (Fsp3) is 0.450. The van der Waals surface area contributed by atoms with E-state index in [1.807, 2.05) is 43.4 Å². The molecule has 4 rings (SSSR count). The highest BCUT2D eigenvalue weighted by Crippen LogP contribution is 2.38. The number of rotatable bonds is 4. The number of nitrogens with one attached hydrogen (secondary N) is 1. The Labute approximate surface area is 158 Å². The lowest BCUT2D eigenvalue weighted by molar-refractivity contribution is -0.133. The molecular formula is C20H25N5O2. The molecule has 7 nitrogen and oxygen atoms in total. The molecule has 1 aromatic carbocycles. The molecule has 1 N–H and O–H groups in total. The van der Waals surface area contributed by atoms with Crippen LogP contribution in [0.3, 0.4) is 0 Å². The quantitative estimate of drug-likeness (QED) is 0.839. The van der Waals surface area contributed by atoms with Crippen LogP contribution in [0.25, 0.3) is 0 Å². The Morgan fingerprint density at radius 2 is 2.07 bits per heavy atom. The Kier molecular flexibility index (Phi) is 4.47. The molecule has 27 heavy (non-hydrogen) atoms. The molecule has 2 aliphatic rings. The number of hydrogen-bond donors (Lipinski definition) is 1. The zero-order valence-electron chi connectivity index (χ0n) is 15.8. The van der Waals surface area contributed by atoms with Crippen LogP contribution >= 0.6 is 0 Å². The number of urea groups is 1. The van der Waals surface area contributed by atoms with Crippen molar-refractivity contribution >= 4 is 11.9 Å². The SMILES string of the molecule is CN(Cc1cnn(C)c1)CN1C(=O)NC2(CCCCc3ccccc32)C1=O. The van der Waals surface area contributed by atoms with E-state index in [1.165, 1.54) is 4.90 Å². The van der Waals surface area contributed by atoms with E-state index in [4.69, 9.17) is 0 Å². The van der Waals surface area contributed by atoms with Gasteiger partial charge < -0.3 is 5.32 Å². The van der Waals surface area contributed by atoms with Crippen LogP contribution in [0.15, 0.2) is 36.7 Å². The van der Waals surface area contributed by atoms with Gasteiger partial charge in [0.1, 0.15) is 5.54 Å². The molecule has 0 saturated carbocycles. The third-order valence-corrected chi connectivity index (χ3v) is 5.49. The van der Waals surface area contributed by atoms with E-state index >= 15 is 0 Å². The van der Waals surface area contributed by atoms with E-state index in [0.29, 0.717) is 13.0 Å². The molecule has 1 saturated heterocycles. The molecule has 1 fully saturated rings. The maximum Gasteiger partial charge on any atom is 0.326 e. The van der Waals surface area contributed by atoms with E-state index in [9.17, 15) is 9.59 Å². The van der Waals surface area contributed by atoms with Crippen LogP contribution in [0, 0.1) is 0 Å². The first kappa shape index (κ1) is 17.7. The molecule has 3 amide bonds. The second-order valence-corrected chi connectivity index (χ2v) is 7.61. The average Bonchev–Trinajstić information content (AvgIpc) is 3.07. The third kappa shape index (κ3) is 3.12. The van der Waals surface area contributed by atoms with Gasteiger partial charge in [0.25, 0.3) is 5.91 Å². The van der Waals surface area contributed by atoms with Crippen LogP contribution in [0.2, 0.25) is 0 Å². The first-order valence-corrected chi connectivity index (χ1v) is 9.38. The van der Waals surface area contributed by atoms with Crippen molar-refractivity contribution in [2.75, 3.05) is 13.7 Å². The number of carbonyl (C=O) groups excluding carboxylic acids is 2. The van der Waals surface area contributed by atoms with E-state index in [-0.39, 0.29) is 18.6 Å². The van der Waals surface area contributed by atoms with Crippen molar-refractivity contribution < 1.29 is 9.59 Å². The molecule has 142 valence electrons. The van der Waals surface area contributed by atoms with Crippen molar-refractivity contribution in [1.29, 1.82) is 0 Å². The van der Waals surface area contributed by atoms with Gasteiger partial charge in [-0.3, -0.25) is 14.4 Å². The number of carbonyl (C=O) groups is 2. The van der Waals surface area contributed by atoms with Gasteiger partial charge in [-0.1, -0.05) is 24.3 Å². The first-order valence-electron chi connectivity index (χ1n) is 9.38. The minimum Gasteiger partial charge on any atom is -0.319 e.